The van der Waals surface area contributed by atoms with Gasteiger partial charge in [0.2, 0.25) is 0 Å². The number of para-hydroxylation sites is 2. The van der Waals surface area contributed by atoms with E-state index in [4.69, 9.17) is 0 Å². The van der Waals surface area contributed by atoms with Crippen LogP contribution in [0.15, 0.2) is 72.8 Å². The Balaban J connectivity index is 2.03. The monoisotopic (exact) mass is 402 g/mol. The van der Waals surface area contributed by atoms with Crippen molar-refractivity contribution in [2.24, 2.45) is 11.8 Å². The van der Waals surface area contributed by atoms with Crippen LogP contribution in [0.5, 0.6) is 11.5 Å². The highest BCUT2D eigenvalue weighted by molar-refractivity contribution is 6.03. The Hall–Kier alpha value is -3.40. The molecule has 2 N–H and O–H groups in total. The fraction of sp³-hybridized carbons (Fsp3) is 0.231. The molecule has 0 spiro atoms. The third-order valence-corrected chi connectivity index (χ3v) is 5.71. The lowest BCUT2D eigenvalue weighted by molar-refractivity contribution is 0.0834. The number of ketones is 2. The molecule has 0 aliphatic carbocycles. The molecule has 0 heterocycles. The summed E-state index contributed by atoms with van der Waals surface area (Å²) in [6.45, 7) is 5.55. The molecule has 3 aromatic rings. The van der Waals surface area contributed by atoms with E-state index in [1.165, 1.54) is 12.1 Å². The summed E-state index contributed by atoms with van der Waals surface area (Å²) in [6, 6.07) is 20.7. The summed E-state index contributed by atoms with van der Waals surface area (Å²) in [5, 5.41) is 20.3. The zero-order chi connectivity index (χ0) is 21.8. The predicted octanol–water partition coefficient (Wildman–Crippen LogP) is 5.53. The van der Waals surface area contributed by atoms with Gasteiger partial charge in [0.15, 0.2) is 11.6 Å². The van der Waals surface area contributed by atoms with Gasteiger partial charge in [-0.15, -0.1) is 0 Å². The van der Waals surface area contributed by atoms with E-state index in [1.807, 2.05) is 31.2 Å². The van der Waals surface area contributed by atoms with E-state index in [0.717, 1.165) is 11.1 Å². The summed E-state index contributed by atoms with van der Waals surface area (Å²) in [5.41, 5.74) is 2.43. The maximum atomic E-state index is 13.3. The molecule has 3 aromatic carbocycles. The van der Waals surface area contributed by atoms with E-state index < -0.39 is 17.8 Å². The molecule has 0 unspecified atom stereocenters. The highest BCUT2D eigenvalue weighted by Gasteiger charge is 2.35. The van der Waals surface area contributed by atoms with Crippen LogP contribution in [0.3, 0.4) is 0 Å². The molecule has 0 aliphatic rings. The van der Waals surface area contributed by atoms with Gasteiger partial charge in [0.1, 0.15) is 11.5 Å². The van der Waals surface area contributed by atoms with Crippen molar-refractivity contribution in [2.45, 2.75) is 26.7 Å². The Morgan fingerprint density at radius 2 is 1.07 bits per heavy atom. The zero-order valence-electron chi connectivity index (χ0n) is 17.4. The second-order valence-electron chi connectivity index (χ2n) is 7.78. The van der Waals surface area contributed by atoms with Gasteiger partial charge in [0.25, 0.3) is 0 Å². The van der Waals surface area contributed by atoms with E-state index in [1.54, 1.807) is 50.2 Å². The third-order valence-electron chi connectivity index (χ3n) is 5.71. The minimum atomic E-state index is -0.564. The van der Waals surface area contributed by atoms with Crippen molar-refractivity contribution < 1.29 is 19.8 Å². The molecule has 0 saturated heterocycles. The van der Waals surface area contributed by atoms with Crippen molar-refractivity contribution in [1.82, 2.24) is 0 Å². The summed E-state index contributed by atoms with van der Waals surface area (Å²) < 4.78 is 0. The van der Waals surface area contributed by atoms with Crippen LogP contribution < -0.4 is 0 Å². The Kier molecular flexibility index (Phi) is 6.36. The lowest BCUT2D eigenvalue weighted by Gasteiger charge is -2.29. The number of Topliss-reactive ketones (excluding diaryl/α,β-unsaturated/α-hetero) is 2. The van der Waals surface area contributed by atoms with Gasteiger partial charge in [-0.2, -0.15) is 0 Å². The lowest BCUT2D eigenvalue weighted by atomic mass is 9.72. The molecule has 4 nitrogen and oxygen atoms in total. The SMILES string of the molecule is Cc1ccc(C([C@H](C)C(=O)c2ccccc2O)[C@H](C)C(=O)c2ccccc2O)cc1. The molecule has 3 rings (SSSR count). The van der Waals surface area contributed by atoms with Gasteiger partial charge >= 0.3 is 0 Å². The van der Waals surface area contributed by atoms with E-state index in [0.29, 0.717) is 0 Å². The van der Waals surface area contributed by atoms with Gasteiger partial charge in [-0.3, -0.25) is 9.59 Å². The second kappa shape index (κ2) is 8.95. The number of benzene rings is 3. The van der Waals surface area contributed by atoms with Crippen LogP contribution in [0, 0.1) is 18.8 Å². The van der Waals surface area contributed by atoms with E-state index in [9.17, 15) is 19.8 Å². The van der Waals surface area contributed by atoms with Crippen LogP contribution in [0.25, 0.3) is 0 Å². The van der Waals surface area contributed by atoms with Crippen LogP contribution in [0.2, 0.25) is 0 Å². The van der Waals surface area contributed by atoms with Crippen LogP contribution >= 0.6 is 0 Å². The van der Waals surface area contributed by atoms with Crippen molar-refractivity contribution in [3.05, 3.63) is 95.1 Å². The zero-order valence-corrected chi connectivity index (χ0v) is 17.4. The maximum absolute atomic E-state index is 13.3. The minimum absolute atomic E-state index is 0.0725. The molecule has 0 saturated carbocycles. The summed E-state index contributed by atoms with van der Waals surface area (Å²) in [6.07, 6.45) is 0. The first-order valence-electron chi connectivity index (χ1n) is 10.0. The molecule has 2 atom stereocenters. The molecule has 0 aliphatic heterocycles. The Bertz CT molecular complexity index is 989. The molecule has 0 amide bonds. The number of phenolic OH excluding ortho intramolecular Hbond substituents is 2. The Morgan fingerprint density at radius 3 is 1.47 bits per heavy atom. The second-order valence-corrected chi connectivity index (χ2v) is 7.78. The van der Waals surface area contributed by atoms with Gasteiger partial charge in [-0.1, -0.05) is 67.9 Å². The first kappa shape index (κ1) is 21.3. The molecule has 0 fully saturated rings. The fourth-order valence-electron chi connectivity index (χ4n) is 3.98. The van der Waals surface area contributed by atoms with Crippen molar-refractivity contribution in [3.63, 3.8) is 0 Å². The minimum Gasteiger partial charge on any atom is -0.507 e. The van der Waals surface area contributed by atoms with E-state index in [-0.39, 0.29) is 34.2 Å². The van der Waals surface area contributed by atoms with Crippen molar-refractivity contribution in [3.8, 4) is 11.5 Å². The Labute approximate surface area is 176 Å². The molecular weight excluding hydrogens is 376 g/mol. The molecule has 4 heteroatoms. The predicted molar refractivity (Wildman–Crippen MR) is 117 cm³/mol. The Morgan fingerprint density at radius 1 is 0.667 bits per heavy atom. The highest BCUT2D eigenvalue weighted by atomic mass is 16.3. The number of hydrogen-bond donors (Lipinski definition) is 2. The quantitative estimate of drug-likeness (QED) is 0.510. The molecule has 0 radical (unpaired) electrons. The first-order valence-corrected chi connectivity index (χ1v) is 10.0. The van der Waals surface area contributed by atoms with Crippen LogP contribution in [0.1, 0.15) is 51.6 Å². The third kappa shape index (κ3) is 4.28. The highest BCUT2D eigenvalue weighted by Crippen LogP contribution is 2.38. The van der Waals surface area contributed by atoms with Gasteiger partial charge < -0.3 is 10.2 Å². The van der Waals surface area contributed by atoms with Crippen LogP contribution in [-0.2, 0) is 0 Å². The lowest BCUT2D eigenvalue weighted by Crippen LogP contribution is -2.29. The van der Waals surface area contributed by atoms with E-state index in [2.05, 4.69) is 0 Å². The van der Waals surface area contributed by atoms with Gasteiger partial charge in [0, 0.05) is 17.8 Å². The van der Waals surface area contributed by atoms with Crippen molar-refractivity contribution in [1.29, 1.82) is 0 Å². The van der Waals surface area contributed by atoms with E-state index >= 15 is 0 Å². The largest absolute Gasteiger partial charge is 0.507 e. The van der Waals surface area contributed by atoms with Crippen molar-refractivity contribution in [2.75, 3.05) is 0 Å². The molecular formula is C26H26O4. The van der Waals surface area contributed by atoms with Crippen LogP contribution in [0.4, 0.5) is 0 Å². The van der Waals surface area contributed by atoms with Gasteiger partial charge in [-0.05, 0) is 36.8 Å². The molecule has 154 valence electrons. The average molecular weight is 402 g/mol. The number of carbonyl (C=O) groups is 2. The standard InChI is InChI=1S/C26H26O4/c1-16-12-14-19(15-13-16)24(17(2)25(29)20-8-4-6-10-22(20)27)18(3)26(30)21-9-5-7-11-23(21)28/h4-15,17-18,24,27-28H,1-3H3/t17-,18-/m0/s1. The number of aromatic hydroxyl groups is 2. The van der Waals surface area contributed by atoms with Gasteiger partial charge in [-0.25, -0.2) is 0 Å². The average Bonchev–Trinajstić information content (AvgIpc) is 2.74. The summed E-state index contributed by atoms with van der Waals surface area (Å²) >= 11 is 0. The number of aryl methyl sites for hydroxylation is 1. The van der Waals surface area contributed by atoms with Gasteiger partial charge in [0.05, 0.1) is 11.1 Å². The smallest absolute Gasteiger partial charge is 0.170 e. The summed E-state index contributed by atoms with van der Waals surface area (Å²) in [7, 11) is 0. The number of hydrogen-bond acceptors (Lipinski definition) is 4. The topological polar surface area (TPSA) is 74.6 Å². The summed E-state index contributed by atoms with van der Waals surface area (Å²) in [5.74, 6) is -2.15. The molecule has 30 heavy (non-hydrogen) atoms. The maximum Gasteiger partial charge on any atom is 0.170 e. The number of carbonyl (C=O) groups excluding carboxylic acids is 2. The molecule has 0 aromatic heterocycles. The normalized spacial score (nSPS) is 13.1. The number of rotatable bonds is 7. The summed E-state index contributed by atoms with van der Waals surface area (Å²) in [4.78, 5) is 26.5. The van der Waals surface area contributed by atoms with Crippen LogP contribution in [-0.4, -0.2) is 21.8 Å². The number of phenols is 2. The van der Waals surface area contributed by atoms with Crippen molar-refractivity contribution >= 4 is 11.6 Å². The molecule has 0 bridgehead atoms. The first-order chi connectivity index (χ1) is 14.3. The fourth-order valence-corrected chi connectivity index (χ4v) is 3.98.